The van der Waals surface area contributed by atoms with Crippen LogP contribution >= 0.6 is 0 Å². The van der Waals surface area contributed by atoms with Gasteiger partial charge in [0, 0.05) is 0 Å². The number of allylic oxidation sites excluding steroid dienone is 16. The van der Waals surface area contributed by atoms with Crippen LogP contribution in [0.25, 0.3) is 0 Å². The number of benzene rings is 2. The van der Waals surface area contributed by atoms with Crippen LogP contribution in [0.4, 0.5) is 0 Å². The number of ether oxygens (including phenoxy) is 4. The number of para-hydroxylation sites is 2. The van der Waals surface area contributed by atoms with E-state index in [1.807, 2.05) is 0 Å². The van der Waals surface area contributed by atoms with Gasteiger partial charge < -0.3 is 29.2 Å². The second kappa shape index (κ2) is 40.0. The van der Waals surface area contributed by atoms with Crippen molar-refractivity contribution in [3.05, 3.63) is 132 Å². The molecule has 60 heavy (non-hydrogen) atoms. The molecule has 4 aliphatic carbocycles. The quantitative estimate of drug-likeness (QED) is 0.156. The van der Waals surface area contributed by atoms with Gasteiger partial charge in [0.15, 0.2) is 0 Å². The summed E-state index contributed by atoms with van der Waals surface area (Å²) >= 11 is 0. The predicted molar refractivity (Wildman–Crippen MR) is 238 cm³/mol. The maximum absolute atomic E-state index is 11.2. The van der Waals surface area contributed by atoms with Crippen LogP contribution < -0.4 is 29.2 Å². The van der Waals surface area contributed by atoms with Gasteiger partial charge in [0.1, 0.15) is 23.0 Å². The van der Waals surface area contributed by atoms with Gasteiger partial charge in [0.2, 0.25) is 0 Å². The molecule has 0 fully saturated rings. The first kappa shape index (κ1) is 59.0. The number of hydrogen-bond acceptors (Lipinski definition) is 6. The Kier molecular flexibility index (Phi) is 39.4. The van der Waals surface area contributed by atoms with E-state index in [1.54, 1.807) is 36.4 Å². The van der Waals surface area contributed by atoms with Crippen molar-refractivity contribution in [2.24, 2.45) is 0 Å². The Bertz CT molecular complexity index is 1410. The van der Waals surface area contributed by atoms with Gasteiger partial charge in [-0.3, -0.25) is 24.3 Å². The smallest absolute Gasteiger partial charge is 0.867 e. The van der Waals surface area contributed by atoms with Crippen LogP contribution in [0.1, 0.15) is 130 Å². The number of unbranched alkanes of at least 4 members (excludes halogenated alkanes) is 4. The van der Waals surface area contributed by atoms with E-state index < -0.39 is 0 Å². The van der Waals surface area contributed by atoms with Crippen LogP contribution in [0, 0.1) is 24.3 Å². The molecule has 0 aromatic heterocycles. The van der Waals surface area contributed by atoms with Gasteiger partial charge in [-0.1, -0.05) is 117 Å². The molecule has 8 heteroatoms. The Morgan fingerprint density at radius 2 is 0.633 bits per heavy atom. The topological polar surface area (TPSA) is 83.0 Å². The fourth-order valence-corrected chi connectivity index (χ4v) is 5.59. The zero-order valence-electron chi connectivity index (χ0n) is 37.8. The van der Waals surface area contributed by atoms with Crippen molar-refractivity contribution in [2.75, 3.05) is 28.4 Å². The van der Waals surface area contributed by atoms with Crippen molar-refractivity contribution in [2.45, 2.75) is 130 Å². The van der Waals surface area contributed by atoms with Crippen LogP contribution in [0.2, 0.25) is 0 Å². The van der Waals surface area contributed by atoms with Gasteiger partial charge in [-0.15, -0.1) is 25.7 Å². The summed E-state index contributed by atoms with van der Waals surface area (Å²) < 4.78 is 19.2. The third-order valence-electron chi connectivity index (χ3n) is 9.03. The minimum absolute atomic E-state index is 0. The number of methoxy groups -OCH3 is 4. The summed E-state index contributed by atoms with van der Waals surface area (Å²) in [4.78, 5) is 0. The first-order chi connectivity index (χ1) is 28.3. The van der Waals surface area contributed by atoms with Crippen LogP contribution in [0.15, 0.2) is 107 Å². The fourth-order valence-electron chi connectivity index (χ4n) is 5.59. The van der Waals surface area contributed by atoms with E-state index in [0.29, 0.717) is 23.0 Å². The third-order valence-corrected chi connectivity index (χ3v) is 9.03. The summed E-state index contributed by atoms with van der Waals surface area (Å²) in [6.07, 6.45) is 50.1. The minimum atomic E-state index is -0.211. The molecule has 0 amide bonds. The van der Waals surface area contributed by atoms with E-state index in [0.717, 1.165) is 25.7 Å². The van der Waals surface area contributed by atoms with E-state index >= 15 is 0 Å². The molecule has 6 rings (SSSR count). The van der Waals surface area contributed by atoms with Gasteiger partial charge in [-0.25, -0.2) is 46.6 Å². The predicted octanol–water partition coefficient (Wildman–Crippen LogP) is 13.0. The molecule has 2 aromatic rings. The Balaban J connectivity index is 0. The van der Waals surface area contributed by atoms with E-state index in [-0.39, 0.29) is 63.9 Å². The average Bonchev–Trinajstić information content (AvgIpc) is 4.12. The molecule has 324 valence electrons. The van der Waals surface area contributed by atoms with Crippen LogP contribution in [-0.2, 0) is 52.4 Å². The molecule has 0 radical (unpaired) electrons. The summed E-state index contributed by atoms with van der Waals surface area (Å²) in [5.74, 6) is 0.817. The van der Waals surface area contributed by atoms with Crippen molar-refractivity contribution in [1.29, 1.82) is 0 Å². The zero-order valence-corrected chi connectivity index (χ0v) is 42.8. The monoisotopic (exact) mass is 970 g/mol. The van der Waals surface area contributed by atoms with E-state index in [1.165, 1.54) is 128 Å². The first-order valence-corrected chi connectivity index (χ1v) is 21.1. The second-order valence-electron chi connectivity index (χ2n) is 13.6. The maximum atomic E-state index is 11.2. The van der Waals surface area contributed by atoms with E-state index in [9.17, 15) is 10.2 Å². The van der Waals surface area contributed by atoms with Crippen molar-refractivity contribution in [3.8, 4) is 34.5 Å². The largest absolute Gasteiger partial charge is 2.00 e. The first-order valence-electron chi connectivity index (χ1n) is 21.1. The molecule has 0 N–H and O–H groups in total. The molecule has 0 spiro atoms. The normalized spacial score (nSPS) is 13.2. The summed E-state index contributed by atoms with van der Waals surface area (Å²) in [7, 11) is 5.82. The number of hydrogen-bond donors (Lipinski definition) is 0. The maximum Gasteiger partial charge on any atom is 2.00 e. The molecule has 0 saturated heterocycles. The summed E-state index contributed by atoms with van der Waals surface area (Å²) in [5.41, 5.74) is 5.66. The summed E-state index contributed by atoms with van der Waals surface area (Å²) in [5, 5.41) is 22.4. The van der Waals surface area contributed by atoms with Crippen molar-refractivity contribution >= 4 is 0 Å². The second-order valence-corrected chi connectivity index (χ2v) is 13.6. The molecule has 4 aliphatic rings. The summed E-state index contributed by atoms with van der Waals surface area (Å²) in [6.45, 7) is 8.89. The van der Waals surface area contributed by atoms with Gasteiger partial charge in [0.05, 0.1) is 28.4 Å². The minimum Gasteiger partial charge on any atom is -0.867 e. The van der Waals surface area contributed by atoms with Gasteiger partial charge in [-0.2, -0.15) is 24.3 Å². The average molecular weight is 974 g/mol. The molecule has 2 aromatic carbocycles. The molecule has 0 atom stereocenters. The van der Waals surface area contributed by atoms with Gasteiger partial charge in [0.25, 0.3) is 0 Å². The zero-order chi connectivity index (χ0) is 42.6. The molecule has 0 bridgehead atoms. The molecular weight excluding hydrogens is 903 g/mol. The SMILES string of the molecule is CCCCC1=[C-]CC=C1.CCCCC1=[C-]CC=C1.CCCCC1=[C-]CC=C1.CCCCC1=[C-]CC=C1.COc1cccc(OC)c1[O-].COc1cccc(OC)c1[O-].[Zr+2].[Zr+2]. The Morgan fingerprint density at radius 1 is 0.417 bits per heavy atom. The Labute approximate surface area is 403 Å². The molecule has 6 nitrogen and oxygen atoms in total. The summed E-state index contributed by atoms with van der Waals surface area (Å²) in [6, 6.07) is 9.82. The van der Waals surface area contributed by atoms with Crippen molar-refractivity contribution < 1.29 is 81.6 Å². The van der Waals surface area contributed by atoms with Gasteiger partial charge in [-0.05, 0) is 35.8 Å². The molecule has 0 unspecified atom stereocenters. The molecule has 0 aliphatic heterocycles. The van der Waals surface area contributed by atoms with Crippen LogP contribution in [0.5, 0.6) is 34.5 Å². The van der Waals surface area contributed by atoms with E-state index in [4.69, 9.17) is 18.9 Å². The van der Waals surface area contributed by atoms with Crippen LogP contribution in [0.3, 0.4) is 0 Å². The van der Waals surface area contributed by atoms with Crippen molar-refractivity contribution in [1.82, 2.24) is 0 Å². The third kappa shape index (κ3) is 27.0. The molecule has 0 heterocycles. The molecular formula is C52H70O6Zr2-2. The number of rotatable bonds is 16. The fraction of sp³-hybridized carbons (Fsp3) is 0.462. The van der Waals surface area contributed by atoms with E-state index in [2.05, 4.69) is 101 Å². The Morgan fingerprint density at radius 3 is 0.783 bits per heavy atom. The molecule has 0 saturated carbocycles. The van der Waals surface area contributed by atoms with Crippen LogP contribution in [-0.4, -0.2) is 28.4 Å². The Hall–Kier alpha value is -3.07. The van der Waals surface area contributed by atoms with Gasteiger partial charge >= 0.3 is 52.4 Å². The van der Waals surface area contributed by atoms with Crippen molar-refractivity contribution in [3.63, 3.8) is 0 Å². The standard InChI is InChI=1S/4C9H13.2C8H10O3.2Zr/c4*1-2-3-6-9-7-4-5-8-9;2*1-10-6-4-3-5-7(11-2)8(6)9;;/h4*4,7H,2-3,5-6H2,1H3;2*3-5,9H,1-2H3;;/q4*-1;;;2*+2/p-2.